The molecule has 0 aliphatic heterocycles. The van der Waals surface area contributed by atoms with Crippen LogP contribution in [0.2, 0.25) is 0 Å². The van der Waals surface area contributed by atoms with Gasteiger partial charge in [0.1, 0.15) is 0 Å². The van der Waals surface area contributed by atoms with Crippen LogP contribution in [0.15, 0.2) is 0 Å². The number of hydrogen-bond donors (Lipinski definition) is 2. The molecule has 46 valence electrons. The molecule has 3 heteroatoms. The minimum Gasteiger partial charge on any atom is -1.00 e. The summed E-state index contributed by atoms with van der Waals surface area (Å²) < 4.78 is 0. The van der Waals surface area contributed by atoms with E-state index >= 15 is 0 Å². The predicted octanol–water partition coefficient (Wildman–Crippen LogP) is -2.74. The molecule has 8 heavy (non-hydrogen) atoms. The van der Waals surface area contributed by atoms with E-state index in [1.807, 2.05) is 6.92 Å². The Balaban J connectivity index is -0.000000180. The van der Waals surface area contributed by atoms with E-state index in [4.69, 9.17) is 10.2 Å². The summed E-state index contributed by atoms with van der Waals surface area (Å²) >= 11 is 0. The van der Waals surface area contributed by atoms with E-state index in [1.165, 1.54) is 0 Å². The normalized spacial score (nSPS) is 12.4. The maximum atomic E-state index is 8.61. The molecule has 2 nitrogen and oxygen atoms in total. The second-order valence-corrected chi connectivity index (χ2v) is 1.63. The van der Waals surface area contributed by atoms with Crippen LogP contribution in [0.5, 0.6) is 0 Å². The zero-order chi connectivity index (χ0) is 5.70. The summed E-state index contributed by atoms with van der Waals surface area (Å²) in [5.74, 6) is 0. The summed E-state index contributed by atoms with van der Waals surface area (Å²) in [5, 5.41) is 16.8. The topological polar surface area (TPSA) is 40.5 Å². The molecule has 0 rings (SSSR count). The molecular formula is C5H13KO2. The molecule has 0 spiro atoms. The van der Waals surface area contributed by atoms with Crippen molar-refractivity contribution in [3.8, 4) is 0 Å². The monoisotopic (exact) mass is 144 g/mol. The van der Waals surface area contributed by atoms with E-state index in [2.05, 4.69) is 0 Å². The molecule has 2 N–H and O–H groups in total. The van der Waals surface area contributed by atoms with Gasteiger partial charge in [0, 0.05) is 0 Å². The minimum absolute atomic E-state index is 0. The summed E-state index contributed by atoms with van der Waals surface area (Å²) in [6, 6.07) is 0. The van der Waals surface area contributed by atoms with E-state index in [1.54, 1.807) is 0 Å². The molecule has 0 aliphatic rings. The fourth-order valence-corrected chi connectivity index (χ4v) is 0.425. The Kier molecular flexibility index (Phi) is 13.1. The molecule has 0 fully saturated rings. The number of aliphatic hydroxyl groups is 2. The van der Waals surface area contributed by atoms with Crippen molar-refractivity contribution < 1.29 is 63.0 Å². The minimum atomic E-state index is -0.495. The van der Waals surface area contributed by atoms with E-state index in [0.29, 0.717) is 6.42 Å². The van der Waals surface area contributed by atoms with Crippen molar-refractivity contribution in [1.29, 1.82) is 0 Å². The molecule has 0 aromatic heterocycles. The fraction of sp³-hybridized carbons (Fsp3) is 1.00. The van der Waals surface area contributed by atoms with Crippen molar-refractivity contribution in [1.82, 2.24) is 0 Å². The largest absolute Gasteiger partial charge is 1.00 e. The summed E-state index contributed by atoms with van der Waals surface area (Å²) in [6.07, 6.45) is 1.14. The van der Waals surface area contributed by atoms with Crippen molar-refractivity contribution in [3.63, 3.8) is 0 Å². The number of hydrogen-bond acceptors (Lipinski definition) is 2. The molecule has 0 bridgehead atoms. The van der Waals surface area contributed by atoms with Crippen LogP contribution in [0.25, 0.3) is 0 Å². The maximum absolute atomic E-state index is 8.61. The standard InChI is InChI=1S/C5H12O2.K.H/c1-2-3-5(7)4-6;;/h5-7H,2-4H2,1H3;;/q;+1;-1. The van der Waals surface area contributed by atoms with Gasteiger partial charge in [-0.3, -0.25) is 0 Å². The molecule has 1 unspecified atom stereocenters. The predicted molar refractivity (Wildman–Crippen MR) is 29.1 cm³/mol. The maximum Gasteiger partial charge on any atom is 1.00 e. The molecule has 0 saturated heterocycles. The van der Waals surface area contributed by atoms with Crippen LogP contribution in [0.3, 0.4) is 0 Å². The van der Waals surface area contributed by atoms with Crippen LogP contribution in [-0.4, -0.2) is 22.9 Å². The van der Waals surface area contributed by atoms with Crippen LogP contribution in [0.4, 0.5) is 0 Å². The first-order valence-electron chi connectivity index (χ1n) is 2.60. The second-order valence-electron chi connectivity index (χ2n) is 1.63. The first kappa shape index (κ1) is 12.3. The van der Waals surface area contributed by atoms with Gasteiger partial charge in [-0.15, -0.1) is 0 Å². The van der Waals surface area contributed by atoms with Crippen LogP contribution in [-0.2, 0) is 0 Å². The summed E-state index contributed by atoms with van der Waals surface area (Å²) in [4.78, 5) is 0. The smallest absolute Gasteiger partial charge is 1.00 e. The van der Waals surface area contributed by atoms with Gasteiger partial charge in [-0.1, -0.05) is 13.3 Å². The summed E-state index contributed by atoms with van der Waals surface area (Å²) in [5.41, 5.74) is 0. The summed E-state index contributed by atoms with van der Waals surface area (Å²) in [7, 11) is 0. The Hall–Kier alpha value is 1.56. The Bertz CT molecular complexity index is 45.9. The van der Waals surface area contributed by atoms with Crippen molar-refractivity contribution in [3.05, 3.63) is 0 Å². The van der Waals surface area contributed by atoms with Gasteiger partial charge in [0.15, 0.2) is 0 Å². The molecule has 0 amide bonds. The summed E-state index contributed by atoms with van der Waals surface area (Å²) in [6.45, 7) is 1.87. The van der Waals surface area contributed by atoms with Crippen molar-refractivity contribution in [2.45, 2.75) is 25.9 Å². The van der Waals surface area contributed by atoms with Crippen LogP contribution in [0.1, 0.15) is 21.2 Å². The Morgan fingerprint density at radius 3 is 2.25 bits per heavy atom. The third kappa shape index (κ3) is 7.56. The SMILES string of the molecule is CCCC(O)CO.[H-].[K+]. The van der Waals surface area contributed by atoms with Crippen LogP contribution >= 0.6 is 0 Å². The van der Waals surface area contributed by atoms with E-state index in [0.717, 1.165) is 6.42 Å². The van der Waals surface area contributed by atoms with E-state index in [-0.39, 0.29) is 59.4 Å². The van der Waals surface area contributed by atoms with Crippen molar-refractivity contribution in [2.24, 2.45) is 0 Å². The van der Waals surface area contributed by atoms with Gasteiger partial charge in [-0.05, 0) is 6.42 Å². The Labute approximate surface area is 94.2 Å². The number of rotatable bonds is 3. The molecule has 0 saturated carbocycles. The number of aliphatic hydroxyl groups excluding tert-OH is 2. The van der Waals surface area contributed by atoms with E-state index < -0.39 is 6.10 Å². The van der Waals surface area contributed by atoms with Gasteiger partial charge in [-0.25, -0.2) is 0 Å². The van der Waals surface area contributed by atoms with Gasteiger partial charge in [0.05, 0.1) is 12.7 Å². The van der Waals surface area contributed by atoms with Gasteiger partial charge in [0.25, 0.3) is 0 Å². The Morgan fingerprint density at radius 1 is 1.62 bits per heavy atom. The van der Waals surface area contributed by atoms with Crippen molar-refractivity contribution >= 4 is 0 Å². The molecule has 1 atom stereocenters. The zero-order valence-corrected chi connectivity index (χ0v) is 8.72. The molecule has 0 aromatic rings. The average molecular weight is 144 g/mol. The first-order chi connectivity index (χ1) is 3.31. The molecule has 0 radical (unpaired) electrons. The van der Waals surface area contributed by atoms with Crippen molar-refractivity contribution in [2.75, 3.05) is 6.61 Å². The molecule has 0 aromatic carbocycles. The third-order valence-electron chi connectivity index (χ3n) is 0.833. The third-order valence-corrected chi connectivity index (χ3v) is 0.833. The molecule has 0 heterocycles. The second kappa shape index (κ2) is 8.56. The van der Waals surface area contributed by atoms with Gasteiger partial charge in [-0.2, -0.15) is 0 Å². The Morgan fingerprint density at radius 2 is 2.12 bits per heavy atom. The molecular weight excluding hydrogens is 131 g/mol. The molecule has 0 aliphatic carbocycles. The zero-order valence-electron chi connectivity index (χ0n) is 6.59. The van der Waals surface area contributed by atoms with Gasteiger partial charge >= 0.3 is 51.4 Å². The van der Waals surface area contributed by atoms with Gasteiger partial charge in [0.2, 0.25) is 0 Å². The van der Waals surface area contributed by atoms with Crippen LogP contribution < -0.4 is 51.4 Å². The average Bonchev–Trinajstić information content (AvgIpc) is 1.68. The van der Waals surface area contributed by atoms with E-state index in [9.17, 15) is 0 Å². The van der Waals surface area contributed by atoms with Gasteiger partial charge < -0.3 is 11.6 Å². The van der Waals surface area contributed by atoms with Crippen LogP contribution in [0, 0.1) is 0 Å². The fourth-order valence-electron chi connectivity index (χ4n) is 0.425. The quantitative estimate of drug-likeness (QED) is 0.422. The first-order valence-corrected chi connectivity index (χ1v) is 2.60.